The molecule has 0 spiro atoms. The molecule has 1 amide bonds. The van der Waals surface area contributed by atoms with Crippen molar-refractivity contribution in [2.24, 2.45) is 7.05 Å². The Hall–Kier alpha value is -2.07. The molecule has 0 aliphatic carbocycles. The second kappa shape index (κ2) is 5.97. The molecular formula is C18H17BrN2O. The van der Waals surface area contributed by atoms with Gasteiger partial charge in [0, 0.05) is 33.8 Å². The number of rotatable bonds is 3. The van der Waals surface area contributed by atoms with Gasteiger partial charge in [-0.15, -0.1) is 0 Å². The van der Waals surface area contributed by atoms with Gasteiger partial charge in [0.05, 0.1) is 6.42 Å². The van der Waals surface area contributed by atoms with E-state index in [-0.39, 0.29) is 5.91 Å². The van der Waals surface area contributed by atoms with Gasteiger partial charge in [0.25, 0.3) is 0 Å². The Bertz CT molecular complexity index is 851. The number of halogens is 1. The van der Waals surface area contributed by atoms with Gasteiger partial charge in [-0.1, -0.05) is 40.2 Å². The normalized spacial score (nSPS) is 10.9. The number of aryl methyl sites for hydroxylation is 1. The first-order valence-electron chi connectivity index (χ1n) is 7.14. The Morgan fingerprint density at radius 3 is 2.73 bits per heavy atom. The third-order valence-corrected chi connectivity index (χ3v) is 4.47. The number of carbonyl (C=O) groups excluding carboxylic acids is 1. The summed E-state index contributed by atoms with van der Waals surface area (Å²) in [7, 11) is 2.04. The molecule has 0 saturated carbocycles. The summed E-state index contributed by atoms with van der Waals surface area (Å²) in [5, 5.41) is 4.10. The highest BCUT2D eigenvalue weighted by molar-refractivity contribution is 9.10. The number of fused-ring (bicyclic) bond motifs is 1. The number of para-hydroxylation sites is 1. The van der Waals surface area contributed by atoms with Gasteiger partial charge in [-0.2, -0.15) is 0 Å². The Kier molecular flexibility index (Phi) is 4.03. The second-order valence-electron chi connectivity index (χ2n) is 5.38. The number of amides is 1. The largest absolute Gasteiger partial charge is 0.348 e. The fourth-order valence-corrected chi connectivity index (χ4v) is 3.15. The molecule has 1 aromatic heterocycles. The Morgan fingerprint density at radius 2 is 1.95 bits per heavy atom. The van der Waals surface area contributed by atoms with E-state index in [1.165, 1.54) is 0 Å². The Labute approximate surface area is 138 Å². The van der Waals surface area contributed by atoms with Crippen LogP contribution in [-0.2, 0) is 18.3 Å². The number of benzene rings is 2. The van der Waals surface area contributed by atoms with Crippen LogP contribution in [0, 0.1) is 6.92 Å². The van der Waals surface area contributed by atoms with Crippen LogP contribution in [-0.4, -0.2) is 10.5 Å². The molecule has 0 atom stereocenters. The smallest absolute Gasteiger partial charge is 0.228 e. The molecule has 3 aromatic rings. The van der Waals surface area contributed by atoms with Crippen molar-refractivity contribution in [3.05, 3.63) is 64.3 Å². The van der Waals surface area contributed by atoms with E-state index in [2.05, 4.69) is 44.9 Å². The molecule has 4 heteroatoms. The average Bonchev–Trinajstić information content (AvgIpc) is 2.73. The maximum absolute atomic E-state index is 12.4. The number of nitrogens with one attached hydrogen (secondary N) is 1. The summed E-state index contributed by atoms with van der Waals surface area (Å²) < 4.78 is 3.09. The molecule has 3 rings (SSSR count). The molecule has 0 saturated heterocycles. The SMILES string of the molecule is Cc1c(CC(=O)Nc2cccc(Br)c2)c2ccccc2n1C. The maximum Gasteiger partial charge on any atom is 0.228 e. The lowest BCUT2D eigenvalue weighted by Gasteiger charge is -2.06. The van der Waals surface area contributed by atoms with Gasteiger partial charge < -0.3 is 9.88 Å². The van der Waals surface area contributed by atoms with Crippen LogP contribution in [0.3, 0.4) is 0 Å². The fourth-order valence-electron chi connectivity index (χ4n) is 2.75. The zero-order valence-corrected chi connectivity index (χ0v) is 14.1. The first-order valence-corrected chi connectivity index (χ1v) is 7.94. The molecule has 22 heavy (non-hydrogen) atoms. The number of aromatic nitrogens is 1. The maximum atomic E-state index is 12.4. The lowest BCUT2D eigenvalue weighted by atomic mass is 10.1. The molecule has 0 aliphatic heterocycles. The van der Waals surface area contributed by atoms with Gasteiger partial charge in [-0.05, 0) is 36.8 Å². The lowest BCUT2D eigenvalue weighted by molar-refractivity contribution is -0.115. The Balaban J connectivity index is 1.87. The van der Waals surface area contributed by atoms with Crippen molar-refractivity contribution < 1.29 is 4.79 Å². The lowest BCUT2D eigenvalue weighted by Crippen LogP contribution is -2.15. The van der Waals surface area contributed by atoms with Crippen molar-refractivity contribution in [1.29, 1.82) is 0 Å². The standard InChI is InChI=1S/C18H17BrN2O/c1-12-16(15-8-3-4-9-17(15)21(12)2)11-18(22)20-14-7-5-6-13(19)10-14/h3-10H,11H2,1-2H3,(H,20,22). The van der Waals surface area contributed by atoms with E-state index in [1.807, 2.05) is 43.4 Å². The molecule has 0 unspecified atom stereocenters. The van der Waals surface area contributed by atoms with Crippen LogP contribution in [0.5, 0.6) is 0 Å². The zero-order valence-electron chi connectivity index (χ0n) is 12.6. The first-order chi connectivity index (χ1) is 10.6. The van der Waals surface area contributed by atoms with Gasteiger partial charge in [-0.25, -0.2) is 0 Å². The van der Waals surface area contributed by atoms with Crippen molar-refractivity contribution in [2.75, 3.05) is 5.32 Å². The molecule has 0 aliphatic rings. The first kappa shape index (κ1) is 14.9. The van der Waals surface area contributed by atoms with E-state index in [0.717, 1.165) is 32.3 Å². The molecule has 0 bridgehead atoms. The third-order valence-electron chi connectivity index (χ3n) is 3.98. The second-order valence-corrected chi connectivity index (χ2v) is 6.29. The van der Waals surface area contributed by atoms with E-state index >= 15 is 0 Å². The van der Waals surface area contributed by atoms with Crippen molar-refractivity contribution >= 4 is 38.4 Å². The number of carbonyl (C=O) groups is 1. The van der Waals surface area contributed by atoms with Crippen molar-refractivity contribution in [1.82, 2.24) is 4.57 Å². The van der Waals surface area contributed by atoms with Gasteiger partial charge in [0.2, 0.25) is 5.91 Å². The highest BCUT2D eigenvalue weighted by Crippen LogP contribution is 2.25. The molecule has 1 heterocycles. The summed E-state index contributed by atoms with van der Waals surface area (Å²) in [5.74, 6) is -0.00227. The summed E-state index contributed by atoms with van der Waals surface area (Å²) in [5.41, 5.74) is 4.18. The molecule has 1 N–H and O–H groups in total. The number of hydrogen-bond acceptors (Lipinski definition) is 1. The average molecular weight is 357 g/mol. The van der Waals surface area contributed by atoms with Crippen LogP contribution in [0.1, 0.15) is 11.3 Å². The Morgan fingerprint density at radius 1 is 1.18 bits per heavy atom. The minimum absolute atomic E-state index is 0.00227. The molecule has 2 aromatic carbocycles. The van der Waals surface area contributed by atoms with Crippen LogP contribution < -0.4 is 5.32 Å². The minimum Gasteiger partial charge on any atom is -0.348 e. The number of anilines is 1. The third kappa shape index (κ3) is 2.79. The highest BCUT2D eigenvalue weighted by atomic mass is 79.9. The summed E-state index contributed by atoms with van der Waals surface area (Å²) in [6, 6.07) is 15.8. The van der Waals surface area contributed by atoms with Crippen LogP contribution in [0.25, 0.3) is 10.9 Å². The molecular weight excluding hydrogens is 340 g/mol. The summed E-state index contributed by atoms with van der Waals surface area (Å²) in [4.78, 5) is 12.4. The zero-order chi connectivity index (χ0) is 15.7. The van der Waals surface area contributed by atoms with E-state index in [1.54, 1.807) is 0 Å². The quantitative estimate of drug-likeness (QED) is 0.739. The van der Waals surface area contributed by atoms with Crippen molar-refractivity contribution in [3.8, 4) is 0 Å². The van der Waals surface area contributed by atoms with Crippen LogP contribution in [0.15, 0.2) is 53.0 Å². The molecule has 0 fully saturated rings. The van der Waals surface area contributed by atoms with Gasteiger partial charge in [-0.3, -0.25) is 4.79 Å². The minimum atomic E-state index is -0.00227. The number of nitrogens with zero attached hydrogens (tertiary/aromatic N) is 1. The summed E-state index contributed by atoms with van der Waals surface area (Å²) in [6.07, 6.45) is 0.375. The van der Waals surface area contributed by atoms with Gasteiger partial charge >= 0.3 is 0 Å². The van der Waals surface area contributed by atoms with Crippen LogP contribution in [0.4, 0.5) is 5.69 Å². The number of hydrogen-bond donors (Lipinski definition) is 1. The van der Waals surface area contributed by atoms with E-state index in [4.69, 9.17) is 0 Å². The van der Waals surface area contributed by atoms with Crippen molar-refractivity contribution in [3.63, 3.8) is 0 Å². The van der Waals surface area contributed by atoms with E-state index in [0.29, 0.717) is 6.42 Å². The topological polar surface area (TPSA) is 34.0 Å². The predicted octanol–water partition coefficient (Wildman–Crippen LogP) is 4.43. The van der Waals surface area contributed by atoms with Crippen LogP contribution in [0.2, 0.25) is 0 Å². The summed E-state index contributed by atoms with van der Waals surface area (Å²) in [6.45, 7) is 2.06. The monoisotopic (exact) mass is 356 g/mol. The van der Waals surface area contributed by atoms with E-state index in [9.17, 15) is 4.79 Å². The van der Waals surface area contributed by atoms with Crippen molar-refractivity contribution in [2.45, 2.75) is 13.3 Å². The van der Waals surface area contributed by atoms with Gasteiger partial charge in [0.1, 0.15) is 0 Å². The highest BCUT2D eigenvalue weighted by Gasteiger charge is 2.14. The fraction of sp³-hybridized carbons (Fsp3) is 0.167. The predicted molar refractivity (Wildman–Crippen MR) is 94.1 cm³/mol. The van der Waals surface area contributed by atoms with Crippen LogP contribution >= 0.6 is 15.9 Å². The molecule has 112 valence electrons. The van der Waals surface area contributed by atoms with E-state index < -0.39 is 0 Å². The van der Waals surface area contributed by atoms with Gasteiger partial charge in [0.15, 0.2) is 0 Å². The molecule has 0 radical (unpaired) electrons. The summed E-state index contributed by atoms with van der Waals surface area (Å²) >= 11 is 3.41. The molecule has 3 nitrogen and oxygen atoms in total.